The number of amides is 1. The zero-order chi connectivity index (χ0) is 12.0. The molecule has 0 saturated carbocycles. The van der Waals surface area contributed by atoms with Gasteiger partial charge in [0.05, 0.1) is 6.54 Å². The van der Waals surface area contributed by atoms with E-state index in [9.17, 15) is 4.79 Å². The standard InChI is InChI=1S/C13H20N2O/c1-4-11-5-7-12(8-6-11)14-9-13(16)15-10(2)3/h5-8,10,14H,4,9H2,1-3H3,(H,15,16). The van der Waals surface area contributed by atoms with Gasteiger partial charge in [0, 0.05) is 11.7 Å². The lowest BCUT2D eigenvalue weighted by Gasteiger charge is -2.10. The second-order valence-corrected chi connectivity index (χ2v) is 4.13. The number of aryl methyl sites for hydroxylation is 1. The van der Waals surface area contributed by atoms with E-state index < -0.39 is 0 Å². The second-order valence-electron chi connectivity index (χ2n) is 4.13. The fourth-order valence-corrected chi connectivity index (χ4v) is 1.41. The van der Waals surface area contributed by atoms with Crippen LogP contribution in [0.3, 0.4) is 0 Å². The Bertz CT molecular complexity index is 330. The summed E-state index contributed by atoms with van der Waals surface area (Å²) in [7, 11) is 0. The van der Waals surface area contributed by atoms with Gasteiger partial charge in [-0.15, -0.1) is 0 Å². The van der Waals surface area contributed by atoms with Gasteiger partial charge < -0.3 is 10.6 Å². The fraction of sp³-hybridized carbons (Fsp3) is 0.462. The quantitative estimate of drug-likeness (QED) is 0.798. The molecule has 0 spiro atoms. The summed E-state index contributed by atoms with van der Waals surface area (Å²) in [5.41, 5.74) is 2.29. The van der Waals surface area contributed by atoms with Gasteiger partial charge in [0.25, 0.3) is 0 Å². The van der Waals surface area contributed by atoms with E-state index in [2.05, 4.69) is 29.7 Å². The zero-order valence-corrected chi connectivity index (χ0v) is 10.2. The summed E-state index contributed by atoms with van der Waals surface area (Å²) in [6.45, 7) is 6.35. The Balaban J connectivity index is 2.39. The van der Waals surface area contributed by atoms with Gasteiger partial charge in [-0.05, 0) is 38.0 Å². The molecule has 2 N–H and O–H groups in total. The van der Waals surface area contributed by atoms with Gasteiger partial charge >= 0.3 is 0 Å². The molecule has 0 saturated heterocycles. The molecular formula is C13H20N2O. The third kappa shape index (κ3) is 4.34. The third-order valence-corrected chi connectivity index (χ3v) is 2.26. The van der Waals surface area contributed by atoms with Crippen LogP contribution >= 0.6 is 0 Å². The van der Waals surface area contributed by atoms with Gasteiger partial charge in [0.1, 0.15) is 0 Å². The zero-order valence-electron chi connectivity index (χ0n) is 10.2. The van der Waals surface area contributed by atoms with Crippen molar-refractivity contribution in [3.63, 3.8) is 0 Å². The van der Waals surface area contributed by atoms with E-state index in [1.165, 1.54) is 5.56 Å². The minimum absolute atomic E-state index is 0.0227. The summed E-state index contributed by atoms with van der Waals surface area (Å²) < 4.78 is 0. The molecule has 1 amide bonds. The minimum atomic E-state index is 0.0227. The molecule has 1 rings (SSSR count). The Hall–Kier alpha value is -1.51. The molecule has 0 radical (unpaired) electrons. The van der Waals surface area contributed by atoms with Crippen molar-refractivity contribution in [1.82, 2.24) is 5.32 Å². The number of hydrogen-bond acceptors (Lipinski definition) is 2. The fourth-order valence-electron chi connectivity index (χ4n) is 1.41. The van der Waals surface area contributed by atoms with Crippen LogP contribution < -0.4 is 10.6 Å². The Kier molecular flexibility index (Phi) is 4.83. The molecule has 3 heteroatoms. The maximum absolute atomic E-state index is 11.4. The number of anilines is 1. The van der Waals surface area contributed by atoms with Crippen LogP contribution in [0, 0.1) is 0 Å². The van der Waals surface area contributed by atoms with Crippen molar-refractivity contribution in [3.8, 4) is 0 Å². The number of carbonyl (C=O) groups excluding carboxylic acids is 1. The molecule has 16 heavy (non-hydrogen) atoms. The molecule has 88 valence electrons. The topological polar surface area (TPSA) is 41.1 Å². The average molecular weight is 220 g/mol. The van der Waals surface area contributed by atoms with E-state index in [1.807, 2.05) is 26.0 Å². The van der Waals surface area contributed by atoms with Crippen LogP contribution in [-0.4, -0.2) is 18.5 Å². The van der Waals surface area contributed by atoms with Crippen LogP contribution in [0.1, 0.15) is 26.3 Å². The second kappa shape index (κ2) is 6.16. The molecule has 1 aromatic rings. The largest absolute Gasteiger partial charge is 0.376 e. The summed E-state index contributed by atoms with van der Waals surface area (Å²) in [6.07, 6.45) is 1.04. The number of rotatable bonds is 5. The first kappa shape index (κ1) is 12.6. The minimum Gasteiger partial charge on any atom is -0.376 e. The predicted molar refractivity (Wildman–Crippen MR) is 67.6 cm³/mol. The summed E-state index contributed by atoms with van der Waals surface area (Å²) in [4.78, 5) is 11.4. The summed E-state index contributed by atoms with van der Waals surface area (Å²) >= 11 is 0. The highest BCUT2D eigenvalue weighted by Crippen LogP contribution is 2.09. The van der Waals surface area contributed by atoms with Crippen molar-refractivity contribution in [1.29, 1.82) is 0 Å². The Labute approximate surface area is 97.2 Å². The highest BCUT2D eigenvalue weighted by molar-refractivity contribution is 5.80. The highest BCUT2D eigenvalue weighted by atomic mass is 16.1. The molecule has 3 nitrogen and oxygen atoms in total. The lowest BCUT2D eigenvalue weighted by molar-refractivity contribution is -0.119. The monoisotopic (exact) mass is 220 g/mol. The van der Waals surface area contributed by atoms with E-state index >= 15 is 0 Å². The Morgan fingerprint density at radius 3 is 2.38 bits per heavy atom. The van der Waals surface area contributed by atoms with Crippen LogP contribution in [0.15, 0.2) is 24.3 Å². The number of nitrogens with one attached hydrogen (secondary N) is 2. The van der Waals surface area contributed by atoms with Crippen LogP contribution in [0.25, 0.3) is 0 Å². The van der Waals surface area contributed by atoms with Crippen LogP contribution in [-0.2, 0) is 11.2 Å². The first-order valence-corrected chi connectivity index (χ1v) is 5.74. The average Bonchev–Trinajstić information content (AvgIpc) is 2.26. The van der Waals surface area contributed by atoms with Gasteiger partial charge in [0.2, 0.25) is 5.91 Å². The smallest absolute Gasteiger partial charge is 0.239 e. The molecular weight excluding hydrogens is 200 g/mol. The van der Waals surface area contributed by atoms with Crippen molar-refractivity contribution in [3.05, 3.63) is 29.8 Å². The summed E-state index contributed by atoms with van der Waals surface area (Å²) in [5, 5.41) is 5.92. The molecule has 0 unspecified atom stereocenters. The lowest BCUT2D eigenvalue weighted by Crippen LogP contribution is -2.34. The van der Waals surface area contributed by atoms with Crippen LogP contribution in [0.5, 0.6) is 0 Å². The lowest BCUT2D eigenvalue weighted by atomic mass is 10.1. The van der Waals surface area contributed by atoms with Crippen LogP contribution in [0.2, 0.25) is 0 Å². The SMILES string of the molecule is CCc1ccc(NCC(=O)NC(C)C)cc1. The van der Waals surface area contributed by atoms with E-state index in [4.69, 9.17) is 0 Å². The number of benzene rings is 1. The van der Waals surface area contributed by atoms with Gasteiger partial charge in [-0.3, -0.25) is 4.79 Å². The Morgan fingerprint density at radius 1 is 1.25 bits per heavy atom. The molecule has 0 atom stereocenters. The molecule has 0 aromatic heterocycles. The van der Waals surface area contributed by atoms with Crippen molar-refractivity contribution >= 4 is 11.6 Å². The van der Waals surface area contributed by atoms with E-state index in [0.29, 0.717) is 6.54 Å². The maximum atomic E-state index is 11.4. The van der Waals surface area contributed by atoms with Gasteiger partial charge in [0.15, 0.2) is 0 Å². The molecule has 0 aliphatic rings. The van der Waals surface area contributed by atoms with Crippen molar-refractivity contribution in [2.45, 2.75) is 33.2 Å². The molecule has 1 aromatic carbocycles. The first-order chi connectivity index (χ1) is 7.61. The summed E-state index contributed by atoms with van der Waals surface area (Å²) in [6, 6.07) is 8.34. The molecule has 0 bridgehead atoms. The molecule has 0 fully saturated rings. The molecule has 0 heterocycles. The van der Waals surface area contributed by atoms with E-state index in [1.54, 1.807) is 0 Å². The van der Waals surface area contributed by atoms with Gasteiger partial charge in [-0.1, -0.05) is 19.1 Å². The maximum Gasteiger partial charge on any atom is 0.239 e. The highest BCUT2D eigenvalue weighted by Gasteiger charge is 2.02. The van der Waals surface area contributed by atoms with Crippen molar-refractivity contribution < 1.29 is 4.79 Å². The summed E-state index contributed by atoms with van der Waals surface area (Å²) in [5.74, 6) is 0.0227. The Morgan fingerprint density at radius 2 is 1.88 bits per heavy atom. The molecule has 0 aliphatic heterocycles. The number of carbonyl (C=O) groups is 1. The van der Waals surface area contributed by atoms with E-state index in [0.717, 1.165) is 12.1 Å². The molecule has 0 aliphatic carbocycles. The van der Waals surface area contributed by atoms with Crippen molar-refractivity contribution in [2.24, 2.45) is 0 Å². The van der Waals surface area contributed by atoms with Crippen molar-refractivity contribution in [2.75, 3.05) is 11.9 Å². The van der Waals surface area contributed by atoms with E-state index in [-0.39, 0.29) is 11.9 Å². The predicted octanol–water partition coefficient (Wildman–Crippen LogP) is 2.19. The van der Waals surface area contributed by atoms with Gasteiger partial charge in [-0.25, -0.2) is 0 Å². The normalized spacial score (nSPS) is 10.2. The number of hydrogen-bond donors (Lipinski definition) is 2. The first-order valence-electron chi connectivity index (χ1n) is 5.74. The van der Waals surface area contributed by atoms with Gasteiger partial charge in [-0.2, -0.15) is 0 Å². The third-order valence-electron chi connectivity index (χ3n) is 2.26. The van der Waals surface area contributed by atoms with Crippen LogP contribution in [0.4, 0.5) is 5.69 Å².